The van der Waals surface area contributed by atoms with Crippen molar-refractivity contribution in [1.29, 1.82) is 0 Å². The first-order chi connectivity index (χ1) is 7.67. The van der Waals surface area contributed by atoms with Crippen LogP contribution in [0.4, 0.5) is 0 Å². The third-order valence-corrected chi connectivity index (χ3v) is 4.29. The van der Waals surface area contributed by atoms with Crippen LogP contribution in [0.25, 0.3) is 0 Å². The summed E-state index contributed by atoms with van der Waals surface area (Å²) >= 11 is 1.93. The summed E-state index contributed by atoms with van der Waals surface area (Å²) in [6, 6.07) is 9.00. The lowest BCUT2D eigenvalue weighted by molar-refractivity contribution is 0.567. The Morgan fingerprint density at radius 2 is 2.06 bits per heavy atom. The molecule has 0 fully saturated rings. The summed E-state index contributed by atoms with van der Waals surface area (Å²) in [7, 11) is 0. The molecule has 0 saturated carbocycles. The molecule has 2 heteroatoms. The fraction of sp³-hybridized carbons (Fsp3) is 0.571. The molecule has 1 nitrogen and oxygen atoms in total. The summed E-state index contributed by atoms with van der Waals surface area (Å²) < 4.78 is 0. The van der Waals surface area contributed by atoms with Crippen LogP contribution in [0, 0.1) is 6.92 Å². The molecule has 0 radical (unpaired) electrons. The molecule has 0 saturated heterocycles. The quantitative estimate of drug-likeness (QED) is 0.757. The number of hydrogen-bond donors (Lipinski definition) is 1. The fourth-order valence-electron chi connectivity index (χ4n) is 1.86. The molecule has 1 aromatic carbocycles. The third-order valence-electron chi connectivity index (χ3n) is 2.78. The van der Waals surface area contributed by atoms with Gasteiger partial charge in [-0.3, -0.25) is 0 Å². The summed E-state index contributed by atoms with van der Waals surface area (Å²) in [6.45, 7) is 6.56. The molecule has 2 N–H and O–H groups in total. The number of aryl methyl sites for hydroxylation is 1. The Balaban J connectivity index is 2.62. The zero-order valence-electron chi connectivity index (χ0n) is 10.6. The SMILES string of the molecule is CCCC(N)C(CC)Sc1cccc(C)c1. The second-order valence-corrected chi connectivity index (χ2v) is 5.65. The minimum atomic E-state index is 0.320. The maximum Gasteiger partial charge on any atom is 0.0243 e. The molecule has 0 heterocycles. The van der Waals surface area contributed by atoms with E-state index in [-0.39, 0.29) is 0 Å². The molecule has 0 aliphatic rings. The van der Waals surface area contributed by atoms with E-state index < -0.39 is 0 Å². The molecule has 0 aliphatic heterocycles. The summed E-state index contributed by atoms with van der Waals surface area (Å²) in [5.74, 6) is 0. The van der Waals surface area contributed by atoms with Crippen molar-refractivity contribution in [2.75, 3.05) is 0 Å². The first-order valence-electron chi connectivity index (χ1n) is 6.16. The Labute approximate surface area is 104 Å². The average molecular weight is 237 g/mol. The van der Waals surface area contributed by atoms with Gasteiger partial charge in [0, 0.05) is 16.2 Å². The Morgan fingerprint density at radius 1 is 1.31 bits per heavy atom. The van der Waals surface area contributed by atoms with Gasteiger partial charge in [0.2, 0.25) is 0 Å². The summed E-state index contributed by atoms with van der Waals surface area (Å²) in [4.78, 5) is 1.35. The molecule has 1 aromatic rings. The molecule has 2 unspecified atom stereocenters. The van der Waals surface area contributed by atoms with E-state index in [4.69, 9.17) is 5.73 Å². The van der Waals surface area contributed by atoms with Crippen LogP contribution in [0.2, 0.25) is 0 Å². The van der Waals surface area contributed by atoms with E-state index in [2.05, 4.69) is 45.0 Å². The molecule has 0 aliphatic carbocycles. The van der Waals surface area contributed by atoms with Crippen LogP contribution in [-0.2, 0) is 0 Å². The van der Waals surface area contributed by atoms with Crippen LogP contribution in [0.5, 0.6) is 0 Å². The number of hydrogen-bond acceptors (Lipinski definition) is 2. The van der Waals surface area contributed by atoms with Crippen LogP contribution >= 0.6 is 11.8 Å². The van der Waals surface area contributed by atoms with Gasteiger partial charge in [-0.1, -0.05) is 38.0 Å². The second kappa shape index (κ2) is 6.97. The van der Waals surface area contributed by atoms with Crippen molar-refractivity contribution in [3.63, 3.8) is 0 Å². The van der Waals surface area contributed by atoms with Crippen molar-refractivity contribution in [2.24, 2.45) is 5.73 Å². The van der Waals surface area contributed by atoms with Gasteiger partial charge in [-0.15, -0.1) is 11.8 Å². The fourth-order valence-corrected chi connectivity index (χ4v) is 3.09. The normalized spacial score (nSPS) is 14.8. The maximum atomic E-state index is 6.20. The van der Waals surface area contributed by atoms with Crippen molar-refractivity contribution in [3.05, 3.63) is 29.8 Å². The lowest BCUT2D eigenvalue weighted by Crippen LogP contribution is -2.31. The molecular weight excluding hydrogens is 214 g/mol. The minimum Gasteiger partial charge on any atom is -0.327 e. The lowest BCUT2D eigenvalue weighted by Gasteiger charge is -2.21. The molecule has 0 spiro atoms. The highest BCUT2D eigenvalue weighted by Gasteiger charge is 2.16. The summed E-state index contributed by atoms with van der Waals surface area (Å²) in [5, 5.41) is 0.543. The Morgan fingerprint density at radius 3 is 2.62 bits per heavy atom. The van der Waals surface area contributed by atoms with Crippen LogP contribution in [-0.4, -0.2) is 11.3 Å². The first-order valence-corrected chi connectivity index (χ1v) is 7.04. The van der Waals surface area contributed by atoms with E-state index in [1.807, 2.05) is 11.8 Å². The number of rotatable bonds is 6. The van der Waals surface area contributed by atoms with E-state index in [1.165, 1.54) is 16.9 Å². The number of benzene rings is 1. The van der Waals surface area contributed by atoms with Crippen molar-refractivity contribution < 1.29 is 0 Å². The Bertz CT molecular complexity index is 311. The predicted octanol–water partition coefficient (Wildman–Crippen LogP) is 3.99. The van der Waals surface area contributed by atoms with Crippen molar-refractivity contribution >= 4 is 11.8 Å². The zero-order valence-corrected chi connectivity index (χ0v) is 11.4. The highest BCUT2D eigenvalue weighted by Crippen LogP contribution is 2.28. The Hall–Kier alpha value is -0.470. The highest BCUT2D eigenvalue weighted by atomic mass is 32.2. The van der Waals surface area contributed by atoms with Crippen molar-refractivity contribution in [3.8, 4) is 0 Å². The van der Waals surface area contributed by atoms with Gasteiger partial charge in [0.25, 0.3) is 0 Å². The molecule has 0 bridgehead atoms. The smallest absolute Gasteiger partial charge is 0.0243 e. The third kappa shape index (κ3) is 4.18. The zero-order chi connectivity index (χ0) is 12.0. The monoisotopic (exact) mass is 237 g/mol. The molecular formula is C14H23NS. The largest absolute Gasteiger partial charge is 0.327 e. The van der Waals surface area contributed by atoms with Gasteiger partial charge < -0.3 is 5.73 Å². The molecule has 2 atom stereocenters. The van der Waals surface area contributed by atoms with Crippen LogP contribution in [0.15, 0.2) is 29.2 Å². The van der Waals surface area contributed by atoms with E-state index in [1.54, 1.807) is 0 Å². The van der Waals surface area contributed by atoms with Crippen LogP contribution < -0.4 is 5.73 Å². The van der Waals surface area contributed by atoms with Crippen LogP contribution in [0.3, 0.4) is 0 Å². The Kier molecular flexibility index (Phi) is 5.93. The number of thioether (sulfide) groups is 1. The van der Waals surface area contributed by atoms with Gasteiger partial charge in [-0.05, 0) is 31.9 Å². The molecule has 1 rings (SSSR count). The molecule has 0 aromatic heterocycles. The first kappa shape index (κ1) is 13.6. The summed E-state index contributed by atoms with van der Waals surface area (Å²) in [6.07, 6.45) is 3.43. The maximum absolute atomic E-state index is 6.20. The van der Waals surface area contributed by atoms with Crippen molar-refractivity contribution in [2.45, 2.75) is 56.2 Å². The van der Waals surface area contributed by atoms with E-state index >= 15 is 0 Å². The van der Waals surface area contributed by atoms with E-state index in [0.29, 0.717) is 11.3 Å². The summed E-state index contributed by atoms with van der Waals surface area (Å²) in [5.41, 5.74) is 7.53. The van der Waals surface area contributed by atoms with Gasteiger partial charge >= 0.3 is 0 Å². The van der Waals surface area contributed by atoms with Gasteiger partial charge in [-0.2, -0.15) is 0 Å². The van der Waals surface area contributed by atoms with Crippen molar-refractivity contribution in [1.82, 2.24) is 0 Å². The van der Waals surface area contributed by atoms with Gasteiger partial charge in [0.1, 0.15) is 0 Å². The van der Waals surface area contributed by atoms with E-state index in [0.717, 1.165) is 12.8 Å². The number of nitrogens with two attached hydrogens (primary N) is 1. The van der Waals surface area contributed by atoms with Gasteiger partial charge in [-0.25, -0.2) is 0 Å². The van der Waals surface area contributed by atoms with Gasteiger partial charge in [0.05, 0.1) is 0 Å². The van der Waals surface area contributed by atoms with Crippen LogP contribution in [0.1, 0.15) is 38.7 Å². The second-order valence-electron chi connectivity index (χ2n) is 4.33. The lowest BCUT2D eigenvalue weighted by atomic mass is 10.1. The minimum absolute atomic E-state index is 0.320. The van der Waals surface area contributed by atoms with E-state index in [9.17, 15) is 0 Å². The molecule has 16 heavy (non-hydrogen) atoms. The topological polar surface area (TPSA) is 26.0 Å². The predicted molar refractivity (Wildman–Crippen MR) is 74.0 cm³/mol. The average Bonchev–Trinajstić information content (AvgIpc) is 2.26. The molecule has 0 amide bonds. The standard InChI is InChI=1S/C14H23NS/c1-4-7-13(15)14(5-2)16-12-9-6-8-11(3)10-12/h6,8-10,13-14H,4-5,7,15H2,1-3H3. The molecule has 90 valence electrons. The highest BCUT2D eigenvalue weighted by molar-refractivity contribution is 8.00. The van der Waals surface area contributed by atoms with Gasteiger partial charge in [0.15, 0.2) is 0 Å².